The number of amides is 1. The number of ether oxygens (including phenoxy) is 1. The number of anilines is 1. The fourth-order valence-corrected chi connectivity index (χ4v) is 4.08. The summed E-state index contributed by atoms with van der Waals surface area (Å²) in [6.45, 7) is 5.84. The summed E-state index contributed by atoms with van der Waals surface area (Å²) in [4.78, 5) is 16.5. The Bertz CT molecular complexity index is 1350. The fraction of sp³-hybridized carbons (Fsp3) is 0.280. The maximum Gasteiger partial charge on any atom is 0.247 e. The zero-order valence-electron chi connectivity index (χ0n) is 19.5. The molecule has 182 valence electrons. The summed E-state index contributed by atoms with van der Waals surface area (Å²) in [6, 6.07) is 6.18. The summed E-state index contributed by atoms with van der Waals surface area (Å²) in [5.41, 5.74) is 2.82. The first-order valence-electron chi connectivity index (χ1n) is 11.2. The molecule has 1 atom stereocenters. The number of carbonyl (C=O) groups is 1. The molecule has 0 aliphatic heterocycles. The van der Waals surface area contributed by atoms with Gasteiger partial charge in [0.1, 0.15) is 17.7 Å². The SMILES string of the molecule is CC1CC(CC(=O)NC(=S)Nc2ccc(Oc3ncnn4ccc(C(C)C)c34)c(F)c2)=CC=C1F. The molecule has 0 radical (unpaired) electrons. The van der Waals surface area contributed by atoms with Crippen LogP contribution in [0.15, 0.2) is 60.3 Å². The van der Waals surface area contributed by atoms with Crippen LogP contribution in [0.3, 0.4) is 0 Å². The molecular weight excluding hydrogens is 472 g/mol. The standard InChI is InChI=1S/C25H25F2N5O2S/c1-14(2)18-8-9-32-23(18)24(28-13-29-32)34-21-7-5-17(12-20(21)27)30-25(35)31-22(33)11-16-4-6-19(26)15(3)10-16/h4-9,12-15H,10-11H2,1-3H3,(H2,30,31,33,35). The smallest absolute Gasteiger partial charge is 0.247 e. The van der Waals surface area contributed by atoms with E-state index in [-0.39, 0.29) is 46.7 Å². The van der Waals surface area contributed by atoms with Crippen molar-refractivity contribution < 1.29 is 18.3 Å². The van der Waals surface area contributed by atoms with Gasteiger partial charge in [0.25, 0.3) is 0 Å². The quantitative estimate of drug-likeness (QED) is 0.419. The van der Waals surface area contributed by atoms with E-state index in [0.717, 1.165) is 11.1 Å². The Morgan fingerprint density at radius 1 is 1.29 bits per heavy atom. The van der Waals surface area contributed by atoms with Crippen molar-refractivity contribution in [2.24, 2.45) is 5.92 Å². The van der Waals surface area contributed by atoms with Crippen LogP contribution < -0.4 is 15.4 Å². The number of thiocarbonyl (C=S) groups is 1. The fourth-order valence-electron chi connectivity index (χ4n) is 3.85. The number of halogens is 2. The molecule has 2 heterocycles. The highest BCUT2D eigenvalue weighted by Gasteiger charge is 2.18. The number of aromatic nitrogens is 3. The zero-order valence-corrected chi connectivity index (χ0v) is 20.3. The number of fused-ring (bicyclic) bond motifs is 1. The van der Waals surface area contributed by atoms with Gasteiger partial charge in [-0.25, -0.2) is 13.3 Å². The molecule has 0 spiro atoms. The lowest BCUT2D eigenvalue weighted by Crippen LogP contribution is -2.34. The monoisotopic (exact) mass is 497 g/mol. The summed E-state index contributed by atoms with van der Waals surface area (Å²) in [6.07, 6.45) is 6.72. The molecule has 0 fully saturated rings. The molecule has 1 unspecified atom stereocenters. The number of allylic oxidation sites excluding steroid dienone is 3. The predicted octanol–water partition coefficient (Wildman–Crippen LogP) is 5.81. The molecule has 4 rings (SSSR count). The topological polar surface area (TPSA) is 80.5 Å². The summed E-state index contributed by atoms with van der Waals surface area (Å²) >= 11 is 5.18. The van der Waals surface area contributed by atoms with E-state index in [2.05, 4.69) is 20.7 Å². The summed E-state index contributed by atoms with van der Waals surface area (Å²) in [7, 11) is 0. The van der Waals surface area contributed by atoms with Crippen molar-refractivity contribution in [3.8, 4) is 11.6 Å². The number of rotatable bonds is 6. The van der Waals surface area contributed by atoms with E-state index < -0.39 is 5.82 Å². The maximum atomic E-state index is 14.8. The van der Waals surface area contributed by atoms with Gasteiger partial charge < -0.3 is 15.4 Å². The molecule has 1 aliphatic carbocycles. The van der Waals surface area contributed by atoms with Crippen LogP contribution >= 0.6 is 12.2 Å². The number of nitrogens with one attached hydrogen (secondary N) is 2. The average Bonchev–Trinajstić information content (AvgIpc) is 3.23. The second-order valence-corrected chi connectivity index (χ2v) is 9.10. The Hall–Kier alpha value is -3.66. The van der Waals surface area contributed by atoms with Gasteiger partial charge >= 0.3 is 0 Å². The Morgan fingerprint density at radius 3 is 2.80 bits per heavy atom. The number of hydrogen-bond acceptors (Lipinski definition) is 5. The summed E-state index contributed by atoms with van der Waals surface area (Å²) in [5.74, 6) is -0.968. The van der Waals surface area contributed by atoms with Crippen LogP contribution in [0, 0.1) is 11.7 Å². The van der Waals surface area contributed by atoms with E-state index in [0.29, 0.717) is 17.6 Å². The molecule has 0 bridgehead atoms. The highest BCUT2D eigenvalue weighted by Crippen LogP contribution is 2.32. The lowest BCUT2D eigenvalue weighted by Gasteiger charge is -2.17. The minimum absolute atomic E-state index is 0.0133. The Morgan fingerprint density at radius 2 is 2.09 bits per heavy atom. The molecule has 2 N–H and O–H groups in total. The van der Waals surface area contributed by atoms with Crippen molar-refractivity contribution in [3.63, 3.8) is 0 Å². The summed E-state index contributed by atoms with van der Waals surface area (Å²) in [5, 5.41) is 9.55. The Labute approximate surface area is 206 Å². The largest absolute Gasteiger partial charge is 0.434 e. The van der Waals surface area contributed by atoms with Crippen molar-refractivity contribution in [1.82, 2.24) is 19.9 Å². The van der Waals surface area contributed by atoms with E-state index in [9.17, 15) is 13.6 Å². The van der Waals surface area contributed by atoms with E-state index in [1.807, 2.05) is 19.9 Å². The van der Waals surface area contributed by atoms with Crippen molar-refractivity contribution in [2.45, 2.75) is 39.5 Å². The van der Waals surface area contributed by atoms with Gasteiger partial charge in [-0.1, -0.05) is 32.4 Å². The van der Waals surface area contributed by atoms with E-state index in [1.54, 1.807) is 29.8 Å². The maximum absolute atomic E-state index is 14.8. The highest BCUT2D eigenvalue weighted by molar-refractivity contribution is 7.80. The van der Waals surface area contributed by atoms with Crippen LogP contribution in [0.5, 0.6) is 11.6 Å². The second kappa shape index (κ2) is 10.3. The van der Waals surface area contributed by atoms with Crippen molar-refractivity contribution >= 4 is 34.4 Å². The molecule has 3 aromatic rings. The van der Waals surface area contributed by atoms with Gasteiger partial charge in [0.2, 0.25) is 11.8 Å². The van der Waals surface area contributed by atoms with Gasteiger partial charge in [0, 0.05) is 30.3 Å². The first-order chi connectivity index (χ1) is 16.7. The highest BCUT2D eigenvalue weighted by atomic mass is 32.1. The predicted molar refractivity (Wildman–Crippen MR) is 134 cm³/mol. The zero-order chi connectivity index (χ0) is 25.1. The third-order valence-electron chi connectivity index (χ3n) is 5.63. The molecule has 1 aromatic carbocycles. The summed E-state index contributed by atoms with van der Waals surface area (Å²) < 4.78 is 35.7. The van der Waals surface area contributed by atoms with Crippen molar-refractivity contribution in [2.75, 3.05) is 5.32 Å². The lowest BCUT2D eigenvalue weighted by molar-refractivity contribution is -0.119. The number of benzene rings is 1. The van der Waals surface area contributed by atoms with Crippen LogP contribution in [-0.2, 0) is 4.79 Å². The number of nitrogens with zero attached hydrogens (tertiary/aromatic N) is 3. The third-order valence-corrected chi connectivity index (χ3v) is 5.83. The molecule has 0 saturated heterocycles. The van der Waals surface area contributed by atoms with Gasteiger partial charge in [-0.2, -0.15) is 10.1 Å². The van der Waals surface area contributed by atoms with Crippen LogP contribution in [0.25, 0.3) is 5.52 Å². The van der Waals surface area contributed by atoms with Crippen molar-refractivity contribution in [1.29, 1.82) is 0 Å². The van der Waals surface area contributed by atoms with Gasteiger partial charge in [-0.05, 0) is 54.4 Å². The van der Waals surface area contributed by atoms with Crippen LogP contribution in [0.1, 0.15) is 45.1 Å². The first-order valence-corrected chi connectivity index (χ1v) is 11.6. The normalized spacial score (nSPS) is 15.5. The molecule has 35 heavy (non-hydrogen) atoms. The van der Waals surface area contributed by atoms with Gasteiger partial charge in [-0.15, -0.1) is 0 Å². The van der Waals surface area contributed by atoms with Crippen molar-refractivity contribution in [3.05, 3.63) is 71.7 Å². The minimum atomic E-state index is -0.631. The molecular formula is C25H25F2N5O2S. The van der Waals surface area contributed by atoms with Gasteiger partial charge in [0.15, 0.2) is 16.7 Å². The Kier molecular flexibility index (Phi) is 7.20. The van der Waals surface area contributed by atoms with E-state index in [1.165, 1.54) is 24.5 Å². The molecule has 7 nitrogen and oxygen atoms in total. The van der Waals surface area contributed by atoms with Gasteiger partial charge in [-0.3, -0.25) is 4.79 Å². The minimum Gasteiger partial charge on any atom is -0.434 e. The Balaban J connectivity index is 1.40. The van der Waals surface area contributed by atoms with Gasteiger partial charge in [0.05, 0.1) is 0 Å². The van der Waals surface area contributed by atoms with Crippen LogP contribution in [0.2, 0.25) is 0 Å². The number of hydrogen-bond donors (Lipinski definition) is 2. The van der Waals surface area contributed by atoms with E-state index >= 15 is 0 Å². The third kappa shape index (κ3) is 5.71. The first kappa shape index (κ1) is 24.5. The lowest BCUT2D eigenvalue weighted by atomic mass is 9.93. The molecule has 1 aliphatic rings. The molecule has 10 heteroatoms. The average molecular weight is 498 g/mol. The molecule has 1 amide bonds. The van der Waals surface area contributed by atoms with Crippen LogP contribution in [0.4, 0.5) is 14.5 Å². The van der Waals surface area contributed by atoms with E-state index in [4.69, 9.17) is 17.0 Å². The van der Waals surface area contributed by atoms with Crippen LogP contribution in [-0.4, -0.2) is 25.6 Å². The number of carbonyl (C=O) groups excluding carboxylic acids is 1. The molecule has 2 aromatic heterocycles. The second-order valence-electron chi connectivity index (χ2n) is 8.69. The molecule has 0 saturated carbocycles.